The van der Waals surface area contributed by atoms with Crippen LogP contribution < -0.4 is 5.73 Å². The van der Waals surface area contributed by atoms with Crippen molar-refractivity contribution in [2.24, 2.45) is 5.73 Å². The van der Waals surface area contributed by atoms with E-state index < -0.39 is 10.2 Å². The molecule has 1 saturated carbocycles. The molecule has 0 bridgehead atoms. The van der Waals surface area contributed by atoms with Crippen LogP contribution >= 0.6 is 0 Å². The highest BCUT2D eigenvalue weighted by Gasteiger charge is 2.35. The number of piperidine rings is 1. The van der Waals surface area contributed by atoms with Crippen LogP contribution in [0.3, 0.4) is 0 Å². The van der Waals surface area contributed by atoms with Crippen molar-refractivity contribution in [1.29, 1.82) is 0 Å². The van der Waals surface area contributed by atoms with Gasteiger partial charge in [-0.05, 0) is 38.5 Å². The molecular weight excluding hydrogens is 262 g/mol. The first-order chi connectivity index (χ1) is 9.05. The van der Waals surface area contributed by atoms with E-state index in [1.165, 1.54) is 0 Å². The van der Waals surface area contributed by atoms with E-state index >= 15 is 0 Å². The number of nitrogens with zero attached hydrogens (tertiary/aromatic N) is 2. The summed E-state index contributed by atoms with van der Waals surface area (Å²) in [7, 11) is -3.27. The molecule has 1 aliphatic carbocycles. The highest BCUT2D eigenvalue weighted by atomic mass is 32.2. The first-order valence-electron chi connectivity index (χ1n) is 7.58. The largest absolute Gasteiger partial charge is 0.328 e. The highest BCUT2D eigenvalue weighted by molar-refractivity contribution is 7.86. The average molecular weight is 289 g/mol. The first kappa shape index (κ1) is 15.2. The van der Waals surface area contributed by atoms with Crippen LogP contribution in [0.15, 0.2) is 0 Å². The molecule has 2 N–H and O–H groups in total. The monoisotopic (exact) mass is 289 g/mol. The second kappa shape index (κ2) is 6.52. The Kier molecular flexibility index (Phi) is 5.22. The van der Waals surface area contributed by atoms with Gasteiger partial charge in [-0.3, -0.25) is 0 Å². The minimum atomic E-state index is -3.27. The molecule has 5 nitrogen and oxygen atoms in total. The van der Waals surface area contributed by atoms with Crippen molar-refractivity contribution in [2.75, 3.05) is 19.6 Å². The maximum Gasteiger partial charge on any atom is 0.282 e. The van der Waals surface area contributed by atoms with Crippen molar-refractivity contribution in [3.05, 3.63) is 0 Å². The Labute approximate surface area is 117 Å². The Hall–Kier alpha value is -0.170. The summed E-state index contributed by atoms with van der Waals surface area (Å²) in [6.45, 7) is 3.88. The molecule has 0 atom stereocenters. The first-order valence-corrected chi connectivity index (χ1v) is 8.98. The highest BCUT2D eigenvalue weighted by Crippen LogP contribution is 2.26. The molecule has 19 heavy (non-hydrogen) atoms. The van der Waals surface area contributed by atoms with Gasteiger partial charge < -0.3 is 5.73 Å². The van der Waals surface area contributed by atoms with Crippen LogP contribution in [0, 0.1) is 0 Å². The smallest absolute Gasteiger partial charge is 0.282 e. The Bertz CT molecular complexity index is 371. The third-order valence-corrected chi connectivity index (χ3v) is 6.56. The molecule has 1 aliphatic heterocycles. The maximum absolute atomic E-state index is 12.7. The molecule has 0 aromatic rings. The number of hydrogen-bond acceptors (Lipinski definition) is 3. The predicted octanol–water partition coefficient (Wildman–Crippen LogP) is 1.31. The quantitative estimate of drug-likeness (QED) is 0.848. The Balaban J connectivity index is 2.06. The number of hydrogen-bond donors (Lipinski definition) is 1. The fourth-order valence-corrected chi connectivity index (χ4v) is 5.17. The molecular formula is C13H27N3O2S. The van der Waals surface area contributed by atoms with Crippen LogP contribution in [-0.2, 0) is 10.2 Å². The molecule has 2 fully saturated rings. The molecule has 0 spiro atoms. The molecule has 2 rings (SSSR count). The van der Waals surface area contributed by atoms with Crippen LogP contribution in [0.5, 0.6) is 0 Å². The molecule has 6 heteroatoms. The normalized spacial score (nSPS) is 30.7. The summed E-state index contributed by atoms with van der Waals surface area (Å²) < 4.78 is 28.8. The van der Waals surface area contributed by atoms with Gasteiger partial charge in [0.2, 0.25) is 0 Å². The van der Waals surface area contributed by atoms with Crippen LogP contribution in [0.25, 0.3) is 0 Å². The topological polar surface area (TPSA) is 66.6 Å². The van der Waals surface area contributed by atoms with Gasteiger partial charge in [0.05, 0.1) is 0 Å². The van der Waals surface area contributed by atoms with E-state index in [0.29, 0.717) is 19.6 Å². The van der Waals surface area contributed by atoms with Gasteiger partial charge in [-0.2, -0.15) is 17.0 Å². The third-order valence-electron chi connectivity index (χ3n) is 4.40. The van der Waals surface area contributed by atoms with Gasteiger partial charge in [-0.1, -0.05) is 13.3 Å². The van der Waals surface area contributed by atoms with E-state index in [4.69, 9.17) is 5.73 Å². The Morgan fingerprint density at radius 1 is 1.11 bits per heavy atom. The molecule has 0 aromatic heterocycles. The number of nitrogens with two attached hydrogens (primary N) is 1. The van der Waals surface area contributed by atoms with E-state index in [2.05, 4.69) is 0 Å². The minimum absolute atomic E-state index is 0.150. The molecule has 112 valence electrons. The van der Waals surface area contributed by atoms with Crippen molar-refractivity contribution in [3.8, 4) is 0 Å². The summed E-state index contributed by atoms with van der Waals surface area (Å²) in [5, 5.41) is 0. The van der Waals surface area contributed by atoms with E-state index in [9.17, 15) is 8.42 Å². The maximum atomic E-state index is 12.7. The van der Waals surface area contributed by atoms with E-state index in [1.807, 2.05) is 6.92 Å². The van der Waals surface area contributed by atoms with Crippen molar-refractivity contribution in [2.45, 2.75) is 64.0 Å². The van der Waals surface area contributed by atoms with Crippen molar-refractivity contribution in [1.82, 2.24) is 8.61 Å². The third kappa shape index (κ3) is 3.48. The van der Waals surface area contributed by atoms with Gasteiger partial charge in [-0.25, -0.2) is 0 Å². The molecule has 0 aromatic carbocycles. The lowest BCUT2D eigenvalue weighted by Crippen LogP contribution is -2.51. The lowest BCUT2D eigenvalue weighted by Gasteiger charge is -2.38. The summed E-state index contributed by atoms with van der Waals surface area (Å²) in [4.78, 5) is 0. The summed E-state index contributed by atoms with van der Waals surface area (Å²) in [5.74, 6) is 0. The minimum Gasteiger partial charge on any atom is -0.328 e. The molecule has 0 unspecified atom stereocenters. The zero-order valence-corrected chi connectivity index (χ0v) is 12.7. The molecule has 1 saturated heterocycles. The molecule has 1 heterocycles. The summed E-state index contributed by atoms with van der Waals surface area (Å²) >= 11 is 0. The number of rotatable bonds is 4. The standard InChI is InChI=1S/C13H27N3O2S/c1-2-16(13-8-6-12(14)7-9-13)19(17,18)15-10-4-3-5-11-15/h12-13H,2-11,14H2,1H3. The van der Waals surface area contributed by atoms with E-state index in [-0.39, 0.29) is 12.1 Å². The Morgan fingerprint density at radius 2 is 1.68 bits per heavy atom. The summed E-state index contributed by atoms with van der Waals surface area (Å²) in [5.41, 5.74) is 5.91. The van der Waals surface area contributed by atoms with Crippen LogP contribution in [0.2, 0.25) is 0 Å². The van der Waals surface area contributed by atoms with Crippen molar-refractivity contribution in [3.63, 3.8) is 0 Å². The van der Waals surface area contributed by atoms with Gasteiger partial charge in [0.1, 0.15) is 0 Å². The average Bonchev–Trinajstić information content (AvgIpc) is 2.42. The molecule has 0 radical (unpaired) electrons. The fraction of sp³-hybridized carbons (Fsp3) is 1.00. The van der Waals surface area contributed by atoms with E-state index in [0.717, 1.165) is 44.9 Å². The zero-order chi connectivity index (χ0) is 13.9. The van der Waals surface area contributed by atoms with Gasteiger partial charge in [0.25, 0.3) is 10.2 Å². The predicted molar refractivity (Wildman–Crippen MR) is 77.0 cm³/mol. The van der Waals surface area contributed by atoms with Gasteiger partial charge in [0.15, 0.2) is 0 Å². The summed E-state index contributed by atoms with van der Waals surface area (Å²) in [6.07, 6.45) is 6.83. The Morgan fingerprint density at radius 3 is 2.21 bits per heavy atom. The lowest BCUT2D eigenvalue weighted by atomic mass is 9.92. The molecule has 0 amide bonds. The SMILES string of the molecule is CCN(C1CCC(N)CC1)S(=O)(=O)N1CCCCC1. The van der Waals surface area contributed by atoms with Crippen molar-refractivity contribution < 1.29 is 8.42 Å². The zero-order valence-electron chi connectivity index (χ0n) is 11.9. The molecule has 2 aliphatic rings. The van der Waals surface area contributed by atoms with E-state index in [1.54, 1.807) is 8.61 Å². The van der Waals surface area contributed by atoms with Crippen LogP contribution in [0.4, 0.5) is 0 Å². The van der Waals surface area contributed by atoms with Gasteiger partial charge in [0, 0.05) is 31.7 Å². The second-order valence-corrected chi connectivity index (χ2v) is 7.62. The second-order valence-electron chi connectivity index (χ2n) is 5.74. The van der Waals surface area contributed by atoms with Crippen LogP contribution in [-0.4, -0.2) is 48.7 Å². The lowest BCUT2D eigenvalue weighted by molar-refractivity contribution is 0.223. The van der Waals surface area contributed by atoms with Crippen molar-refractivity contribution >= 4 is 10.2 Å². The fourth-order valence-electron chi connectivity index (χ4n) is 3.24. The summed E-state index contributed by atoms with van der Waals surface area (Å²) in [6, 6.07) is 0.407. The van der Waals surface area contributed by atoms with Gasteiger partial charge >= 0.3 is 0 Å². The van der Waals surface area contributed by atoms with Crippen LogP contribution in [0.1, 0.15) is 51.9 Å². The van der Waals surface area contributed by atoms with Gasteiger partial charge in [-0.15, -0.1) is 0 Å².